The summed E-state index contributed by atoms with van der Waals surface area (Å²) in [6, 6.07) is 11.9. The summed E-state index contributed by atoms with van der Waals surface area (Å²) in [5.41, 5.74) is 4.81. The number of nitrogens with zero attached hydrogens (tertiary/aromatic N) is 1. The van der Waals surface area contributed by atoms with Gasteiger partial charge in [-0.2, -0.15) is 0 Å². The van der Waals surface area contributed by atoms with Crippen LogP contribution in [0.25, 0.3) is 0 Å². The summed E-state index contributed by atoms with van der Waals surface area (Å²) in [6.45, 7) is 9.66. The molecule has 30 heavy (non-hydrogen) atoms. The number of hydroxylamine groups is 1. The highest BCUT2D eigenvalue weighted by atomic mass is 16.5. The van der Waals surface area contributed by atoms with Gasteiger partial charge in [0.2, 0.25) is 5.91 Å². The number of carbonyl (C=O) groups excluding carboxylic acids is 3. The lowest BCUT2D eigenvalue weighted by Crippen LogP contribution is -2.47. The van der Waals surface area contributed by atoms with Gasteiger partial charge < -0.3 is 10.2 Å². The first kappa shape index (κ1) is 23.1. The van der Waals surface area contributed by atoms with Crippen molar-refractivity contribution in [3.05, 3.63) is 70.3 Å². The summed E-state index contributed by atoms with van der Waals surface area (Å²) in [4.78, 5) is 38.7. The Balaban J connectivity index is 2.28. The second-order valence-electron chi connectivity index (χ2n) is 8.40. The third-order valence-electron chi connectivity index (χ3n) is 4.58. The summed E-state index contributed by atoms with van der Waals surface area (Å²) in [5, 5.41) is 11.6. The van der Waals surface area contributed by atoms with Gasteiger partial charge >= 0.3 is 0 Å². The molecule has 0 fully saturated rings. The molecule has 0 spiro atoms. The summed E-state index contributed by atoms with van der Waals surface area (Å²) in [6.07, 6.45) is 0. The van der Waals surface area contributed by atoms with E-state index in [9.17, 15) is 14.4 Å². The Morgan fingerprint density at radius 3 is 2.07 bits per heavy atom. The normalized spacial score (nSPS) is 11.0. The van der Waals surface area contributed by atoms with Crippen molar-refractivity contribution in [1.82, 2.24) is 15.7 Å². The number of nitrogens with one attached hydrogen (secondary N) is 2. The topological polar surface area (TPSA) is 98.7 Å². The van der Waals surface area contributed by atoms with Crippen molar-refractivity contribution in [2.75, 3.05) is 6.54 Å². The number of carbonyl (C=O) groups is 3. The van der Waals surface area contributed by atoms with Gasteiger partial charge in [-0.05, 0) is 75.6 Å². The van der Waals surface area contributed by atoms with Crippen molar-refractivity contribution in [3.63, 3.8) is 0 Å². The van der Waals surface area contributed by atoms with Crippen molar-refractivity contribution in [3.8, 4) is 0 Å². The van der Waals surface area contributed by atoms with E-state index in [0.29, 0.717) is 11.1 Å². The molecule has 0 bridgehead atoms. The summed E-state index contributed by atoms with van der Waals surface area (Å²) < 4.78 is 0. The van der Waals surface area contributed by atoms with Gasteiger partial charge in [-0.1, -0.05) is 18.2 Å². The van der Waals surface area contributed by atoms with Gasteiger partial charge in [-0.25, -0.2) is 5.48 Å². The summed E-state index contributed by atoms with van der Waals surface area (Å²) in [7, 11) is 0. The van der Waals surface area contributed by atoms with Gasteiger partial charge in [0.15, 0.2) is 0 Å². The number of rotatable bonds is 6. The van der Waals surface area contributed by atoms with Crippen molar-refractivity contribution < 1.29 is 19.6 Å². The fourth-order valence-corrected chi connectivity index (χ4v) is 2.93. The maximum Gasteiger partial charge on any atom is 0.274 e. The molecule has 0 unspecified atom stereocenters. The molecule has 0 aromatic heterocycles. The maximum atomic E-state index is 13.2. The number of hydrogen-bond donors (Lipinski definition) is 3. The van der Waals surface area contributed by atoms with Crippen LogP contribution in [0.15, 0.2) is 42.5 Å². The molecule has 2 rings (SSSR count). The Hall–Kier alpha value is -3.19. The lowest BCUT2D eigenvalue weighted by molar-refractivity contribution is -0.123. The largest absolute Gasteiger partial charge is 0.350 e. The lowest BCUT2D eigenvalue weighted by atomic mass is 10.0. The molecule has 3 N–H and O–H groups in total. The fraction of sp³-hybridized carbons (Fsp3) is 0.348. The van der Waals surface area contributed by atoms with E-state index in [1.807, 2.05) is 46.8 Å². The van der Waals surface area contributed by atoms with Crippen molar-refractivity contribution in [2.45, 2.75) is 46.7 Å². The van der Waals surface area contributed by atoms with Crippen LogP contribution in [-0.2, 0) is 11.3 Å². The average molecular weight is 412 g/mol. The summed E-state index contributed by atoms with van der Waals surface area (Å²) in [5.74, 6) is -1.12. The zero-order valence-electron chi connectivity index (χ0n) is 18.1. The molecule has 0 aliphatic rings. The Morgan fingerprint density at radius 1 is 0.933 bits per heavy atom. The predicted molar refractivity (Wildman–Crippen MR) is 114 cm³/mol. The van der Waals surface area contributed by atoms with Crippen LogP contribution < -0.4 is 10.8 Å². The second kappa shape index (κ2) is 9.54. The molecule has 0 radical (unpaired) electrons. The van der Waals surface area contributed by atoms with E-state index >= 15 is 0 Å². The first-order chi connectivity index (χ1) is 14.0. The predicted octanol–water partition coefficient (Wildman–Crippen LogP) is 2.98. The molecule has 7 nitrogen and oxygen atoms in total. The molecule has 0 saturated heterocycles. The Kier molecular flexibility index (Phi) is 7.34. The highest BCUT2D eigenvalue weighted by molar-refractivity contribution is 5.97. The minimum Gasteiger partial charge on any atom is -0.350 e. The van der Waals surface area contributed by atoms with E-state index in [1.54, 1.807) is 35.8 Å². The molecule has 0 aliphatic heterocycles. The molecule has 2 aromatic rings. The first-order valence-corrected chi connectivity index (χ1v) is 9.71. The van der Waals surface area contributed by atoms with Gasteiger partial charge in [-0.3, -0.25) is 19.6 Å². The third kappa shape index (κ3) is 6.42. The maximum absolute atomic E-state index is 13.2. The second-order valence-corrected chi connectivity index (χ2v) is 8.40. The quantitative estimate of drug-likeness (QED) is 0.503. The van der Waals surface area contributed by atoms with E-state index in [1.165, 1.54) is 4.90 Å². The van der Waals surface area contributed by atoms with E-state index < -0.39 is 11.4 Å². The molecule has 0 saturated carbocycles. The van der Waals surface area contributed by atoms with Crippen molar-refractivity contribution in [1.29, 1.82) is 0 Å². The van der Waals surface area contributed by atoms with Crippen LogP contribution in [-0.4, -0.2) is 39.9 Å². The Labute approximate surface area is 177 Å². The van der Waals surface area contributed by atoms with Gasteiger partial charge in [0.25, 0.3) is 11.8 Å². The van der Waals surface area contributed by atoms with E-state index in [0.717, 1.165) is 16.7 Å². The smallest absolute Gasteiger partial charge is 0.274 e. The van der Waals surface area contributed by atoms with Gasteiger partial charge in [0.05, 0.1) is 0 Å². The van der Waals surface area contributed by atoms with Crippen LogP contribution in [0.1, 0.15) is 58.2 Å². The number of benzene rings is 2. The van der Waals surface area contributed by atoms with Gasteiger partial charge in [0.1, 0.15) is 6.54 Å². The van der Waals surface area contributed by atoms with Crippen LogP contribution >= 0.6 is 0 Å². The van der Waals surface area contributed by atoms with Gasteiger partial charge in [-0.15, -0.1) is 0 Å². The molecule has 3 amide bonds. The van der Waals surface area contributed by atoms with E-state index in [2.05, 4.69) is 5.32 Å². The molecule has 160 valence electrons. The van der Waals surface area contributed by atoms with Crippen molar-refractivity contribution in [2.24, 2.45) is 0 Å². The fourth-order valence-electron chi connectivity index (χ4n) is 2.93. The molecular formula is C23H29N3O4. The van der Waals surface area contributed by atoms with Crippen LogP contribution in [0.3, 0.4) is 0 Å². The van der Waals surface area contributed by atoms with Crippen LogP contribution in [0, 0.1) is 13.8 Å². The molecule has 0 heterocycles. The molecule has 0 aliphatic carbocycles. The van der Waals surface area contributed by atoms with Crippen molar-refractivity contribution >= 4 is 17.7 Å². The van der Waals surface area contributed by atoms with Crippen LogP contribution in [0.2, 0.25) is 0 Å². The third-order valence-corrected chi connectivity index (χ3v) is 4.58. The molecule has 2 aromatic carbocycles. The monoisotopic (exact) mass is 411 g/mol. The highest BCUT2D eigenvalue weighted by Crippen LogP contribution is 2.15. The SMILES string of the molecule is Cc1ccc(C(=O)N(CC(=O)NC(C)(C)C)Cc2ccc(C(=O)NO)cc2)cc1C. The van der Waals surface area contributed by atoms with E-state index in [-0.39, 0.29) is 24.9 Å². The highest BCUT2D eigenvalue weighted by Gasteiger charge is 2.22. The molecule has 0 atom stereocenters. The first-order valence-electron chi connectivity index (χ1n) is 9.71. The van der Waals surface area contributed by atoms with Crippen LogP contribution in [0.5, 0.6) is 0 Å². The zero-order valence-corrected chi connectivity index (χ0v) is 18.1. The molecule has 7 heteroatoms. The molecular weight excluding hydrogens is 382 g/mol. The minimum atomic E-state index is -0.617. The standard InChI is InChI=1S/C23H29N3O4/c1-15-6-9-19(12-16(15)2)22(29)26(14-20(27)24-23(3,4)5)13-17-7-10-18(11-8-17)21(28)25-30/h6-12,30H,13-14H2,1-5H3,(H,24,27)(H,25,28). The van der Waals surface area contributed by atoms with Gasteiger partial charge in [0, 0.05) is 23.2 Å². The number of aryl methyl sites for hydroxylation is 2. The number of amides is 3. The summed E-state index contributed by atoms with van der Waals surface area (Å²) >= 11 is 0. The Bertz CT molecular complexity index is 930. The Morgan fingerprint density at radius 2 is 1.53 bits per heavy atom. The lowest BCUT2D eigenvalue weighted by Gasteiger charge is -2.26. The average Bonchev–Trinajstić information content (AvgIpc) is 2.67. The van der Waals surface area contributed by atoms with Crippen LogP contribution in [0.4, 0.5) is 0 Å². The van der Waals surface area contributed by atoms with E-state index in [4.69, 9.17) is 5.21 Å². The zero-order chi connectivity index (χ0) is 22.5. The number of hydrogen-bond acceptors (Lipinski definition) is 4. The minimum absolute atomic E-state index is 0.0953.